The smallest absolute Gasteiger partial charge is 0.410 e. The Kier molecular flexibility index (Phi) is 8.68. The van der Waals surface area contributed by atoms with E-state index in [0.29, 0.717) is 29.9 Å². The average Bonchev–Trinajstić information content (AvgIpc) is 2.83. The number of benzene rings is 1. The van der Waals surface area contributed by atoms with Gasteiger partial charge in [0.05, 0.1) is 23.1 Å². The minimum Gasteiger partial charge on any atom is -0.447 e. The lowest BCUT2D eigenvalue weighted by Gasteiger charge is -2.29. The largest absolute Gasteiger partial charge is 0.447 e. The summed E-state index contributed by atoms with van der Waals surface area (Å²) in [6.07, 6.45) is 2.27. The SMILES string of the molecule is C/C=N\N=C(\c1cccc(NC(=O)c2cc3c(cc2F)CCN(C(=O)OC(C)C)C3)n1)C(C)CC. The summed E-state index contributed by atoms with van der Waals surface area (Å²) in [5, 5.41) is 10.9. The molecule has 9 heteroatoms. The zero-order chi connectivity index (χ0) is 25.5. The first-order chi connectivity index (χ1) is 16.7. The van der Waals surface area contributed by atoms with Gasteiger partial charge >= 0.3 is 6.09 Å². The Labute approximate surface area is 205 Å². The number of hydrogen-bond acceptors (Lipinski definition) is 6. The van der Waals surface area contributed by atoms with Gasteiger partial charge in [-0.25, -0.2) is 14.2 Å². The van der Waals surface area contributed by atoms with E-state index in [9.17, 15) is 14.0 Å². The lowest BCUT2D eigenvalue weighted by atomic mass is 9.96. The quantitative estimate of drug-likeness (QED) is 0.433. The van der Waals surface area contributed by atoms with Crippen molar-refractivity contribution >= 4 is 29.7 Å². The monoisotopic (exact) mass is 481 g/mol. The van der Waals surface area contributed by atoms with Gasteiger partial charge in [0.2, 0.25) is 0 Å². The number of hydrogen-bond donors (Lipinski definition) is 1. The van der Waals surface area contributed by atoms with Gasteiger partial charge in [-0.1, -0.05) is 19.9 Å². The van der Waals surface area contributed by atoms with Gasteiger partial charge in [-0.05, 0) is 69.0 Å². The number of pyridine rings is 1. The lowest BCUT2D eigenvalue weighted by Crippen LogP contribution is -2.37. The van der Waals surface area contributed by atoms with E-state index in [-0.39, 0.29) is 29.9 Å². The number of amides is 2. The highest BCUT2D eigenvalue weighted by Gasteiger charge is 2.25. The van der Waals surface area contributed by atoms with Crippen molar-refractivity contribution < 1.29 is 18.7 Å². The minimum atomic E-state index is -0.620. The Morgan fingerprint density at radius 3 is 2.71 bits per heavy atom. The van der Waals surface area contributed by atoms with Crippen LogP contribution in [0.25, 0.3) is 0 Å². The van der Waals surface area contributed by atoms with Crippen LogP contribution in [0, 0.1) is 11.7 Å². The summed E-state index contributed by atoms with van der Waals surface area (Å²) < 4.78 is 20.1. The number of anilines is 1. The Morgan fingerprint density at radius 1 is 1.26 bits per heavy atom. The summed E-state index contributed by atoms with van der Waals surface area (Å²) in [6.45, 7) is 10.1. The molecule has 1 aromatic heterocycles. The van der Waals surface area contributed by atoms with E-state index in [1.807, 2.05) is 13.8 Å². The molecule has 2 heterocycles. The molecule has 0 fully saturated rings. The summed E-state index contributed by atoms with van der Waals surface area (Å²) in [6, 6.07) is 8.07. The molecule has 1 aliphatic rings. The third kappa shape index (κ3) is 6.49. The fourth-order valence-electron chi connectivity index (χ4n) is 3.73. The number of carbonyl (C=O) groups is 2. The first kappa shape index (κ1) is 26.0. The normalized spacial score (nSPS) is 14.7. The molecule has 35 heavy (non-hydrogen) atoms. The highest BCUT2D eigenvalue weighted by Crippen LogP contribution is 2.24. The molecule has 1 unspecified atom stereocenters. The van der Waals surface area contributed by atoms with Crippen LogP contribution in [-0.4, -0.2) is 46.5 Å². The fraction of sp³-hybridized carbons (Fsp3) is 0.423. The van der Waals surface area contributed by atoms with Gasteiger partial charge in [-0.3, -0.25) is 4.79 Å². The summed E-state index contributed by atoms with van der Waals surface area (Å²) in [7, 11) is 0. The van der Waals surface area contributed by atoms with E-state index < -0.39 is 17.8 Å². The second-order valence-corrected chi connectivity index (χ2v) is 8.74. The molecule has 3 rings (SSSR count). The van der Waals surface area contributed by atoms with Crippen LogP contribution in [-0.2, 0) is 17.7 Å². The Bertz CT molecular complexity index is 1150. The van der Waals surface area contributed by atoms with Crippen molar-refractivity contribution in [2.24, 2.45) is 16.1 Å². The molecule has 0 saturated heterocycles. The second-order valence-electron chi connectivity index (χ2n) is 8.74. The maximum atomic E-state index is 14.8. The average molecular weight is 482 g/mol. The zero-order valence-electron chi connectivity index (χ0n) is 20.8. The molecule has 186 valence electrons. The van der Waals surface area contributed by atoms with E-state index in [0.717, 1.165) is 12.0 Å². The Hall–Kier alpha value is -3.62. The number of rotatable bonds is 7. The highest BCUT2D eigenvalue weighted by atomic mass is 19.1. The predicted octanol–water partition coefficient (Wildman–Crippen LogP) is 5.22. The zero-order valence-corrected chi connectivity index (χ0v) is 20.8. The van der Waals surface area contributed by atoms with Crippen LogP contribution in [0.4, 0.5) is 15.0 Å². The molecule has 0 saturated carbocycles. The molecule has 0 bridgehead atoms. The minimum absolute atomic E-state index is 0.110. The van der Waals surface area contributed by atoms with Crippen molar-refractivity contribution in [2.75, 3.05) is 11.9 Å². The van der Waals surface area contributed by atoms with Gasteiger partial charge < -0.3 is 15.0 Å². The van der Waals surface area contributed by atoms with E-state index >= 15 is 0 Å². The number of nitrogens with one attached hydrogen (secondary N) is 1. The molecule has 1 atom stereocenters. The molecule has 0 spiro atoms. The maximum absolute atomic E-state index is 14.8. The van der Waals surface area contributed by atoms with Gasteiger partial charge in [0.25, 0.3) is 5.91 Å². The van der Waals surface area contributed by atoms with Crippen molar-refractivity contribution in [1.82, 2.24) is 9.88 Å². The summed E-state index contributed by atoms with van der Waals surface area (Å²) in [5.41, 5.74) is 2.68. The van der Waals surface area contributed by atoms with Gasteiger partial charge in [0.15, 0.2) is 0 Å². The highest BCUT2D eigenvalue weighted by molar-refractivity contribution is 6.05. The van der Waals surface area contributed by atoms with E-state index in [1.165, 1.54) is 12.1 Å². The second kappa shape index (κ2) is 11.7. The maximum Gasteiger partial charge on any atom is 0.410 e. The van der Waals surface area contributed by atoms with Crippen molar-refractivity contribution in [1.29, 1.82) is 0 Å². The van der Waals surface area contributed by atoms with E-state index in [4.69, 9.17) is 4.74 Å². The third-order valence-corrected chi connectivity index (χ3v) is 5.75. The van der Waals surface area contributed by atoms with Gasteiger partial charge in [0.1, 0.15) is 11.6 Å². The molecule has 1 N–H and O–H groups in total. The molecule has 1 aromatic carbocycles. The number of ether oxygens (including phenoxy) is 1. The predicted molar refractivity (Wildman–Crippen MR) is 134 cm³/mol. The summed E-state index contributed by atoms with van der Waals surface area (Å²) in [5.74, 6) is -0.844. The van der Waals surface area contributed by atoms with Crippen LogP contribution in [0.3, 0.4) is 0 Å². The molecule has 0 aliphatic carbocycles. The molecule has 1 aliphatic heterocycles. The Morgan fingerprint density at radius 2 is 2.03 bits per heavy atom. The molecule has 0 radical (unpaired) electrons. The Balaban J connectivity index is 1.82. The van der Waals surface area contributed by atoms with Crippen molar-refractivity contribution in [3.63, 3.8) is 0 Å². The molecular formula is C26H32FN5O3. The van der Waals surface area contributed by atoms with Crippen molar-refractivity contribution in [3.8, 4) is 0 Å². The topological polar surface area (TPSA) is 96.2 Å². The van der Waals surface area contributed by atoms with Gasteiger partial charge in [-0.15, -0.1) is 0 Å². The summed E-state index contributed by atoms with van der Waals surface area (Å²) >= 11 is 0. The molecule has 2 aromatic rings. The van der Waals surface area contributed by atoms with Crippen molar-refractivity contribution in [2.45, 2.75) is 60.1 Å². The number of nitrogens with zero attached hydrogens (tertiary/aromatic N) is 4. The third-order valence-electron chi connectivity index (χ3n) is 5.75. The van der Waals surface area contributed by atoms with Gasteiger partial charge in [0, 0.05) is 25.2 Å². The van der Waals surface area contributed by atoms with Crippen LogP contribution in [0.1, 0.15) is 68.2 Å². The number of fused-ring (bicyclic) bond motifs is 1. The first-order valence-corrected chi connectivity index (χ1v) is 11.8. The van der Waals surface area contributed by atoms with Crippen LogP contribution < -0.4 is 5.32 Å². The summed E-state index contributed by atoms with van der Waals surface area (Å²) in [4.78, 5) is 31.3. The van der Waals surface area contributed by atoms with Crippen LogP contribution in [0.5, 0.6) is 0 Å². The number of aromatic nitrogens is 1. The first-order valence-electron chi connectivity index (χ1n) is 11.8. The van der Waals surface area contributed by atoms with Crippen LogP contribution >= 0.6 is 0 Å². The standard InChI is InChI=1S/C26H32FN5O3/c1-6-17(5)24(31-28-7-2)22-9-8-10-23(29-22)30-25(33)20-13-19-15-32(26(34)35-16(3)4)12-11-18(19)14-21(20)27/h7-10,13-14,16-17H,6,11-12,15H2,1-5H3,(H,29,30,33)/b28-7-,31-24+. The van der Waals surface area contributed by atoms with Crippen molar-refractivity contribution in [3.05, 3.63) is 58.5 Å². The van der Waals surface area contributed by atoms with E-state index in [2.05, 4.69) is 20.5 Å². The molecule has 8 nitrogen and oxygen atoms in total. The molecular weight excluding hydrogens is 449 g/mol. The lowest BCUT2D eigenvalue weighted by molar-refractivity contribution is 0.0730. The fourth-order valence-corrected chi connectivity index (χ4v) is 3.73. The number of halogens is 1. The van der Waals surface area contributed by atoms with E-state index in [1.54, 1.807) is 50.1 Å². The number of carbonyl (C=O) groups excluding carboxylic acids is 2. The van der Waals surface area contributed by atoms with Gasteiger partial charge in [-0.2, -0.15) is 10.2 Å². The molecule has 2 amide bonds. The van der Waals surface area contributed by atoms with Crippen LogP contribution in [0.15, 0.2) is 40.5 Å². The van der Waals surface area contributed by atoms with Crippen LogP contribution in [0.2, 0.25) is 0 Å².